The van der Waals surface area contributed by atoms with Crippen LogP contribution in [-0.2, 0) is 5.75 Å². The predicted molar refractivity (Wildman–Crippen MR) is 60.0 cm³/mol. The van der Waals surface area contributed by atoms with Gasteiger partial charge in [0.1, 0.15) is 5.40 Å². The SMILES string of the molecule is N#CSCc1ccc2cccc-2cc1. The molecule has 0 saturated heterocycles. The van der Waals surface area contributed by atoms with E-state index in [9.17, 15) is 0 Å². The Labute approximate surface area is 87.7 Å². The third-order valence-electron chi connectivity index (χ3n) is 2.14. The third-order valence-corrected chi connectivity index (χ3v) is 2.75. The average molecular weight is 199 g/mol. The molecular formula is C12H9NS. The summed E-state index contributed by atoms with van der Waals surface area (Å²) >= 11 is 1.27. The zero-order valence-electron chi connectivity index (χ0n) is 7.60. The molecular weight excluding hydrogens is 190 g/mol. The van der Waals surface area contributed by atoms with E-state index in [2.05, 4.69) is 41.8 Å². The second-order valence-corrected chi connectivity index (χ2v) is 3.82. The molecule has 2 rings (SSSR count). The van der Waals surface area contributed by atoms with Crippen molar-refractivity contribution in [3.63, 3.8) is 0 Å². The van der Waals surface area contributed by atoms with Gasteiger partial charge in [-0.2, -0.15) is 5.26 Å². The van der Waals surface area contributed by atoms with Gasteiger partial charge in [0.05, 0.1) is 0 Å². The molecule has 0 N–H and O–H groups in total. The highest BCUT2D eigenvalue weighted by molar-refractivity contribution is 8.02. The first-order chi connectivity index (χ1) is 6.90. The van der Waals surface area contributed by atoms with Crippen LogP contribution in [0.5, 0.6) is 0 Å². The number of hydrogen-bond donors (Lipinski definition) is 0. The van der Waals surface area contributed by atoms with Gasteiger partial charge >= 0.3 is 0 Å². The Kier molecular flexibility index (Phi) is 2.71. The molecule has 14 heavy (non-hydrogen) atoms. The van der Waals surface area contributed by atoms with Crippen LogP contribution in [0, 0.1) is 10.7 Å². The van der Waals surface area contributed by atoms with Crippen LogP contribution in [0.15, 0.2) is 42.5 Å². The lowest BCUT2D eigenvalue weighted by Gasteiger charge is -1.88. The fourth-order valence-electron chi connectivity index (χ4n) is 1.41. The Hall–Kier alpha value is -1.46. The molecule has 0 fully saturated rings. The molecule has 0 radical (unpaired) electrons. The molecule has 0 aromatic heterocycles. The molecule has 0 bridgehead atoms. The lowest BCUT2D eigenvalue weighted by Crippen LogP contribution is -1.71. The lowest BCUT2D eigenvalue weighted by molar-refractivity contribution is 1.45. The topological polar surface area (TPSA) is 23.8 Å². The van der Waals surface area contributed by atoms with Crippen LogP contribution in [-0.4, -0.2) is 0 Å². The zero-order chi connectivity index (χ0) is 9.80. The zero-order valence-corrected chi connectivity index (χ0v) is 8.42. The minimum Gasteiger partial charge on any atom is -0.185 e. The van der Waals surface area contributed by atoms with E-state index in [1.165, 1.54) is 28.5 Å². The first-order valence-corrected chi connectivity index (χ1v) is 5.37. The molecule has 2 aliphatic rings. The summed E-state index contributed by atoms with van der Waals surface area (Å²) in [4.78, 5) is 0. The molecule has 0 aliphatic heterocycles. The van der Waals surface area contributed by atoms with Crippen LogP contribution in [0.2, 0.25) is 0 Å². The summed E-state index contributed by atoms with van der Waals surface area (Å²) in [6, 6.07) is 14.6. The van der Waals surface area contributed by atoms with Gasteiger partial charge < -0.3 is 0 Å². The molecule has 0 unspecified atom stereocenters. The number of fused-ring (bicyclic) bond motifs is 1. The molecule has 0 saturated carbocycles. The summed E-state index contributed by atoms with van der Waals surface area (Å²) in [7, 11) is 0. The number of thioether (sulfide) groups is 1. The summed E-state index contributed by atoms with van der Waals surface area (Å²) in [5, 5.41) is 10.5. The molecule has 68 valence electrons. The Balaban J connectivity index is 2.32. The standard InChI is InChI=1S/C12H9NS/c13-9-14-8-10-4-6-11-2-1-3-12(11)7-5-10/h1-7H,8H2. The molecule has 0 amide bonds. The second-order valence-electron chi connectivity index (χ2n) is 3.06. The van der Waals surface area contributed by atoms with Crippen molar-refractivity contribution >= 4 is 11.8 Å². The van der Waals surface area contributed by atoms with Gasteiger partial charge in [-0.1, -0.05) is 42.5 Å². The first kappa shape index (κ1) is 9.11. The maximum absolute atomic E-state index is 8.45. The largest absolute Gasteiger partial charge is 0.185 e. The van der Waals surface area contributed by atoms with Gasteiger partial charge in [0, 0.05) is 5.75 Å². The van der Waals surface area contributed by atoms with Gasteiger partial charge in [-0.3, -0.25) is 0 Å². The molecule has 2 aliphatic carbocycles. The van der Waals surface area contributed by atoms with Crippen molar-refractivity contribution in [2.24, 2.45) is 0 Å². The van der Waals surface area contributed by atoms with Crippen molar-refractivity contribution in [3.05, 3.63) is 48.0 Å². The molecule has 2 heteroatoms. The van der Waals surface area contributed by atoms with E-state index in [-0.39, 0.29) is 0 Å². The van der Waals surface area contributed by atoms with Crippen LogP contribution in [0.1, 0.15) is 5.56 Å². The smallest absolute Gasteiger partial charge is 0.133 e. The molecule has 1 nitrogen and oxygen atoms in total. The summed E-state index contributed by atoms with van der Waals surface area (Å²) in [5.41, 5.74) is 3.68. The Morgan fingerprint density at radius 2 is 1.64 bits per heavy atom. The highest BCUT2D eigenvalue weighted by Crippen LogP contribution is 2.22. The summed E-state index contributed by atoms with van der Waals surface area (Å²) in [5.74, 6) is 0.758. The lowest BCUT2D eigenvalue weighted by atomic mass is 10.2. The number of thiocyanates is 1. The van der Waals surface area contributed by atoms with E-state index in [0.29, 0.717) is 0 Å². The summed E-state index contributed by atoms with van der Waals surface area (Å²) < 4.78 is 0. The van der Waals surface area contributed by atoms with Crippen molar-refractivity contribution in [3.8, 4) is 16.5 Å². The molecule has 0 aromatic rings. The van der Waals surface area contributed by atoms with E-state index in [4.69, 9.17) is 5.26 Å². The maximum atomic E-state index is 8.45. The predicted octanol–water partition coefficient (Wildman–Crippen LogP) is 3.51. The quantitative estimate of drug-likeness (QED) is 0.691. The van der Waals surface area contributed by atoms with Crippen LogP contribution in [0.25, 0.3) is 11.1 Å². The Morgan fingerprint density at radius 1 is 1.00 bits per heavy atom. The third kappa shape index (κ3) is 1.89. The van der Waals surface area contributed by atoms with Gasteiger partial charge in [0.15, 0.2) is 0 Å². The highest BCUT2D eigenvalue weighted by Gasteiger charge is 1.98. The van der Waals surface area contributed by atoms with Gasteiger partial charge in [0.25, 0.3) is 0 Å². The summed E-state index contributed by atoms with van der Waals surface area (Å²) in [6.45, 7) is 0. The van der Waals surface area contributed by atoms with Crippen LogP contribution < -0.4 is 0 Å². The molecule has 0 heterocycles. The van der Waals surface area contributed by atoms with Gasteiger partial charge in [0.2, 0.25) is 0 Å². The number of hydrogen-bond acceptors (Lipinski definition) is 2. The number of nitrogens with zero attached hydrogens (tertiary/aromatic N) is 1. The minimum absolute atomic E-state index is 0.758. The van der Waals surface area contributed by atoms with E-state index in [1.807, 2.05) is 6.07 Å². The van der Waals surface area contributed by atoms with Gasteiger partial charge in [-0.25, -0.2) is 0 Å². The van der Waals surface area contributed by atoms with Gasteiger partial charge in [-0.05, 0) is 28.5 Å². The van der Waals surface area contributed by atoms with Crippen LogP contribution >= 0.6 is 11.8 Å². The highest BCUT2D eigenvalue weighted by atomic mass is 32.2. The first-order valence-electron chi connectivity index (χ1n) is 4.39. The average Bonchev–Trinajstić information content (AvgIpc) is 2.57. The second kappa shape index (κ2) is 4.17. The van der Waals surface area contributed by atoms with E-state index < -0.39 is 0 Å². The Bertz CT molecular complexity index is 414. The molecule has 0 atom stereocenters. The van der Waals surface area contributed by atoms with Crippen LogP contribution in [0.4, 0.5) is 0 Å². The fraction of sp³-hybridized carbons (Fsp3) is 0.0833. The normalized spacial score (nSPS) is 9.93. The van der Waals surface area contributed by atoms with Crippen LogP contribution in [0.3, 0.4) is 0 Å². The molecule has 0 spiro atoms. The Morgan fingerprint density at radius 3 is 2.21 bits per heavy atom. The fourth-order valence-corrected chi connectivity index (χ4v) is 1.84. The maximum Gasteiger partial charge on any atom is 0.133 e. The molecule has 0 aromatic carbocycles. The van der Waals surface area contributed by atoms with Crippen molar-refractivity contribution in [1.29, 1.82) is 5.26 Å². The van der Waals surface area contributed by atoms with E-state index >= 15 is 0 Å². The van der Waals surface area contributed by atoms with Crippen molar-refractivity contribution in [1.82, 2.24) is 0 Å². The minimum atomic E-state index is 0.758. The summed E-state index contributed by atoms with van der Waals surface area (Å²) in [6.07, 6.45) is 0. The van der Waals surface area contributed by atoms with E-state index in [1.54, 1.807) is 0 Å². The number of nitriles is 1. The van der Waals surface area contributed by atoms with E-state index in [0.717, 1.165) is 5.75 Å². The van der Waals surface area contributed by atoms with Crippen molar-refractivity contribution < 1.29 is 0 Å². The van der Waals surface area contributed by atoms with Gasteiger partial charge in [-0.15, -0.1) is 0 Å². The van der Waals surface area contributed by atoms with Crippen molar-refractivity contribution in [2.45, 2.75) is 5.75 Å². The number of rotatable bonds is 2. The van der Waals surface area contributed by atoms with Crippen molar-refractivity contribution in [2.75, 3.05) is 0 Å². The monoisotopic (exact) mass is 199 g/mol.